The average molecular weight is 242 g/mol. The average Bonchev–Trinajstić information content (AvgIpc) is 2.30. The zero-order chi connectivity index (χ0) is 13.1. The third-order valence-corrected chi connectivity index (χ3v) is 2.63. The summed E-state index contributed by atoms with van der Waals surface area (Å²) in [6.07, 6.45) is 6.37. The predicted molar refractivity (Wildman–Crippen MR) is 75.8 cm³/mol. The summed E-state index contributed by atoms with van der Waals surface area (Å²) in [4.78, 5) is 4.40. The Labute approximate surface area is 106 Å². The van der Waals surface area contributed by atoms with Crippen LogP contribution in [0.1, 0.15) is 59.8 Å². The van der Waals surface area contributed by atoms with E-state index >= 15 is 0 Å². The van der Waals surface area contributed by atoms with Crippen LogP contribution in [0.2, 0.25) is 0 Å². The van der Waals surface area contributed by atoms with E-state index in [0.29, 0.717) is 17.9 Å². The molecule has 4 nitrogen and oxygen atoms in total. The highest BCUT2D eigenvalue weighted by Gasteiger charge is 2.04. The lowest BCUT2D eigenvalue weighted by molar-refractivity contribution is 0.535. The second-order valence-electron chi connectivity index (χ2n) is 5.12. The largest absolute Gasteiger partial charge is 0.353 e. The smallest absolute Gasteiger partial charge is 0.205 e. The molecule has 0 heterocycles. The summed E-state index contributed by atoms with van der Waals surface area (Å²) in [6.45, 7) is 9.50. The minimum atomic E-state index is 0.425. The Hall–Kier alpha value is -0.770. The molecule has 0 aromatic rings. The van der Waals surface area contributed by atoms with Crippen LogP contribution in [0, 0.1) is 5.92 Å². The standard InChI is InChI=1S/C13H30N4/c1-5-6-7-8-9-12(4)16-13(17-14)15-10-11(2)3/h11-12H,5-10,14H2,1-4H3,(H2,15,16,17). The van der Waals surface area contributed by atoms with Gasteiger partial charge >= 0.3 is 0 Å². The van der Waals surface area contributed by atoms with E-state index in [1.165, 1.54) is 32.1 Å². The van der Waals surface area contributed by atoms with Crippen LogP contribution < -0.4 is 16.6 Å². The molecule has 0 saturated heterocycles. The first-order valence-corrected chi connectivity index (χ1v) is 6.87. The van der Waals surface area contributed by atoms with Crippen molar-refractivity contribution in [3.05, 3.63) is 0 Å². The van der Waals surface area contributed by atoms with E-state index in [0.717, 1.165) is 6.54 Å². The summed E-state index contributed by atoms with van der Waals surface area (Å²) in [6, 6.07) is 0.425. The predicted octanol–water partition coefficient (Wildman–Crippen LogP) is 2.41. The van der Waals surface area contributed by atoms with E-state index in [4.69, 9.17) is 5.84 Å². The van der Waals surface area contributed by atoms with Gasteiger partial charge in [0.25, 0.3) is 0 Å². The van der Waals surface area contributed by atoms with Gasteiger partial charge in [-0.1, -0.05) is 46.5 Å². The lowest BCUT2D eigenvalue weighted by Gasteiger charge is -2.16. The number of guanidine groups is 1. The number of hydrogen-bond donors (Lipinski definition) is 3. The molecule has 0 rings (SSSR count). The van der Waals surface area contributed by atoms with Gasteiger partial charge in [-0.2, -0.15) is 0 Å². The number of unbranched alkanes of at least 4 members (excludes halogenated alkanes) is 3. The van der Waals surface area contributed by atoms with Crippen LogP contribution in [-0.2, 0) is 0 Å². The van der Waals surface area contributed by atoms with Crippen LogP contribution in [0.5, 0.6) is 0 Å². The van der Waals surface area contributed by atoms with Crippen molar-refractivity contribution in [3.8, 4) is 0 Å². The highest BCUT2D eigenvalue weighted by Crippen LogP contribution is 2.05. The van der Waals surface area contributed by atoms with Gasteiger partial charge in [-0.25, -0.2) is 5.84 Å². The van der Waals surface area contributed by atoms with Crippen LogP contribution in [0.15, 0.2) is 4.99 Å². The quantitative estimate of drug-likeness (QED) is 0.201. The molecule has 0 aliphatic carbocycles. The van der Waals surface area contributed by atoms with Crippen LogP contribution in [0.25, 0.3) is 0 Å². The number of hydrazine groups is 1. The molecule has 0 spiro atoms. The van der Waals surface area contributed by atoms with Crippen LogP contribution in [0.3, 0.4) is 0 Å². The fourth-order valence-corrected chi connectivity index (χ4v) is 1.59. The lowest BCUT2D eigenvalue weighted by Crippen LogP contribution is -2.45. The Morgan fingerprint density at radius 1 is 1.18 bits per heavy atom. The SMILES string of the molecule is CCCCCCC(C)NC(=NCC(C)C)NN. The zero-order valence-electron chi connectivity index (χ0n) is 11.9. The van der Waals surface area contributed by atoms with Gasteiger partial charge in [0.1, 0.15) is 0 Å². The molecule has 4 heteroatoms. The summed E-state index contributed by atoms with van der Waals surface area (Å²) in [7, 11) is 0. The van der Waals surface area contributed by atoms with Gasteiger partial charge in [-0.15, -0.1) is 0 Å². The van der Waals surface area contributed by atoms with Crippen molar-refractivity contribution in [2.24, 2.45) is 16.8 Å². The van der Waals surface area contributed by atoms with Crippen molar-refractivity contribution in [3.63, 3.8) is 0 Å². The summed E-state index contributed by atoms with van der Waals surface area (Å²) in [5.74, 6) is 6.71. The van der Waals surface area contributed by atoms with Crippen LogP contribution >= 0.6 is 0 Å². The third-order valence-electron chi connectivity index (χ3n) is 2.63. The maximum Gasteiger partial charge on any atom is 0.205 e. The molecule has 0 aromatic carbocycles. The van der Waals surface area contributed by atoms with E-state index in [9.17, 15) is 0 Å². The van der Waals surface area contributed by atoms with Crippen molar-refractivity contribution in [2.45, 2.75) is 65.8 Å². The molecular weight excluding hydrogens is 212 g/mol. The number of rotatable bonds is 8. The Morgan fingerprint density at radius 2 is 1.88 bits per heavy atom. The molecular formula is C13H30N4. The lowest BCUT2D eigenvalue weighted by atomic mass is 10.1. The number of nitrogens with zero attached hydrogens (tertiary/aromatic N) is 1. The number of hydrogen-bond acceptors (Lipinski definition) is 2. The first-order valence-electron chi connectivity index (χ1n) is 6.87. The first-order chi connectivity index (χ1) is 8.10. The normalized spacial score (nSPS) is 13.9. The highest BCUT2D eigenvalue weighted by molar-refractivity contribution is 5.79. The molecule has 0 fully saturated rings. The first kappa shape index (κ1) is 16.2. The number of nitrogens with two attached hydrogens (primary N) is 1. The van der Waals surface area contributed by atoms with Crippen molar-refractivity contribution in [1.82, 2.24) is 10.7 Å². The molecule has 0 aromatic heterocycles. The van der Waals surface area contributed by atoms with Gasteiger partial charge in [0.2, 0.25) is 5.96 Å². The van der Waals surface area contributed by atoms with Gasteiger partial charge in [-0.3, -0.25) is 10.4 Å². The van der Waals surface area contributed by atoms with Gasteiger partial charge in [-0.05, 0) is 19.3 Å². The molecule has 102 valence electrons. The number of nitrogens with one attached hydrogen (secondary N) is 2. The van der Waals surface area contributed by atoms with E-state index < -0.39 is 0 Å². The van der Waals surface area contributed by atoms with Gasteiger partial charge in [0.15, 0.2) is 0 Å². The summed E-state index contributed by atoms with van der Waals surface area (Å²) in [5.41, 5.74) is 2.63. The van der Waals surface area contributed by atoms with E-state index in [1.54, 1.807) is 0 Å². The van der Waals surface area contributed by atoms with Crippen molar-refractivity contribution >= 4 is 5.96 Å². The van der Waals surface area contributed by atoms with Crippen LogP contribution in [-0.4, -0.2) is 18.5 Å². The summed E-state index contributed by atoms with van der Waals surface area (Å²) >= 11 is 0. The fraction of sp³-hybridized carbons (Fsp3) is 0.923. The summed E-state index contributed by atoms with van der Waals surface area (Å²) in [5, 5.41) is 3.31. The van der Waals surface area contributed by atoms with Gasteiger partial charge < -0.3 is 5.32 Å². The minimum Gasteiger partial charge on any atom is -0.353 e. The monoisotopic (exact) mass is 242 g/mol. The van der Waals surface area contributed by atoms with E-state index in [-0.39, 0.29) is 0 Å². The molecule has 0 bridgehead atoms. The third kappa shape index (κ3) is 10.1. The molecule has 1 unspecified atom stereocenters. The van der Waals surface area contributed by atoms with Crippen molar-refractivity contribution in [1.29, 1.82) is 0 Å². The zero-order valence-corrected chi connectivity index (χ0v) is 11.9. The highest BCUT2D eigenvalue weighted by atomic mass is 15.3. The number of aliphatic imine (C=N–C) groups is 1. The Morgan fingerprint density at radius 3 is 2.41 bits per heavy atom. The molecule has 0 amide bonds. The van der Waals surface area contributed by atoms with Gasteiger partial charge in [0.05, 0.1) is 0 Å². The van der Waals surface area contributed by atoms with E-state index in [1.807, 2.05) is 0 Å². The molecule has 0 radical (unpaired) electrons. The molecule has 4 N–H and O–H groups in total. The minimum absolute atomic E-state index is 0.425. The Balaban J connectivity index is 3.81. The van der Waals surface area contributed by atoms with E-state index in [2.05, 4.69) is 43.4 Å². The topological polar surface area (TPSA) is 62.4 Å². The van der Waals surface area contributed by atoms with Crippen molar-refractivity contribution in [2.75, 3.05) is 6.54 Å². The molecule has 17 heavy (non-hydrogen) atoms. The Kier molecular flexibility index (Phi) is 9.92. The molecule has 0 aliphatic heterocycles. The van der Waals surface area contributed by atoms with Crippen LogP contribution in [0.4, 0.5) is 0 Å². The summed E-state index contributed by atoms with van der Waals surface area (Å²) < 4.78 is 0. The maximum atomic E-state index is 5.44. The molecule has 0 saturated carbocycles. The maximum absolute atomic E-state index is 5.44. The second kappa shape index (κ2) is 10.4. The fourth-order valence-electron chi connectivity index (χ4n) is 1.59. The Bertz CT molecular complexity index is 202. The second-order valence-corrected chi connectivity index (χ2v) is 5.12. The van der Waals surface area contributed by atoms with Gasteiger partial charge in [0, 0.05) is 12.6 Å². The molecule has 0 aliphatic rings. The van der Waals surface area contributed by atoms with Crippen molar-refractivity contribution < 1.29 is 0 Å². The molecule has 1 atom stereocenters.